The van der Waals surface area contributed by atoms with Crippen LogP contribution in [0, 0.1) is 36.5 Å². The molecule has 4 nitrogen and oxygen atoms in total. The van der Waals surface area contributed by atoms with E-state index >= 15 is 0 Å². The van der Waals surface area contributed by atoms with Crippen LogP contribution in [0.5, 0.6) is 5.75 Å². The van der Waals surface area contributed by atoms with E-state index in [1.165, 1.54) is 16.2 Å². The number of hydrogen-bond acceptors (Lipinski definition) is 4. The molecular formula is C23H27ClN2O2S. The lowest BCUT2D eigenvalue weighted by molar-refractivity contribution is -0.118. The summed E-state index contributed by atoms with van der Waals surface area (Å²) in [6.45, 7) is 10.5. The lowest BCUT2D eigenvalue weighted by Gasteiger charge is -2.33. The second-order valence-corrected chi connectivity index (χ2v) is 10.3. The van der Waals surface area contributed by atoms with Gasteiger partial charge in [-0.1, -0.05) is 32.4 Å². The van der Waals surface area contributed by atoms with E-state index in [9.17, 15) is 10.1 Å². The average molecular weight is 431 g/mol. The molecule has 1 aromatic carbocycles. The number of carbonyl (C=O) groups excluding carboxylic acids is 1. The Morgan fingerprint density at radius 3 is 2.59 bits per heavy atom. The van der Waals surface area contributed by atoms with Crippen molar-refractivity contribution in [2.24, 2.45) is 11.3 Å². The van der Waals surface area contributed by atoms with Crippen molar-refractivity contribution < 1.29 is 9.53 Å². The van der Waals surface area contributed by atoms with Crippen molar-refractivity contribution in [3.63, 3.8) is 0 Å². The second-order valence-electron chi connectivity index (χ2n) is 8.83. The van der Waals surface area contributed by atoms with Crippen molar-refractivity contribution in [1.29, 1.82) is 5.26 Å². The number of aryl methyl sites for hydroxylation is 2. The lowest BCUT2D eigenvalue weighted by Crippen LogP contribution is -2.26. The maximum Gasteiger partial charge on any atom is 0.262 e. The third kappa shape index (κ3) is 4.76. The van der Waals surface area contributed by atoms with Gasteiger partial charge in [-0.25, -0.2) is 0 Å². The summed E-state index contributed by atoms with van der Waals surface area (Å²) in [6, 6.07) is 5.94. The highest BCUT2D eigenvalue weighted by Crippen LogP contribution is 2.44. The summed E-state index contributed by atoms with van der Waals surface area (Å²) in [6.07, 6.45) is 2.94. The smallest absolute Gasteiger partial charge is 0.262 e. The van der Waals surface area contributed by atoms with Gasteiger partial charge in [-0.05, 0) is 73.3 Å². The first-order chi connectivity index (χ1) is 13.6. The summed E-state index contributed by atoms with van der Waals surface area (Å²) in [5.74, 6) is 0.930. The van der Waals surface area contributed by atoms with Crippen LogP contribution in [-0.4, -0.2) is 12.5 Å². The molecule has 0 radical (unpaired) electrons. The van der Waals surface area contributed by atoms with Crippen LogP contribution in [0.3, 0.4) is 0 Å². The Morgan fingerprint density at radius 1 is 1.34 bits per heavy atom. The second kappa shape index (κ2) is 8.38. The first kappa shape index (κ1) is 21.7. The summed E-state index contributed by atoms with van der Waals surface area (Å²) in [5.41, 5.74) is 3.78. The molecule has 2 aromatic rings. The molecule has 154 valence electrons. The zero-order chi connectivity index (χ0) is 21.3. The van der Waals surface area contributed by atoms with E-state index in [-0.39, 0.29) is 17.9 Å². The van der Waals surface area contributed by atoms with E-state index in [0.717, 1.165) is 36.0 Å². The van der Waals surface area contributed by atoms with Crippen molar-refractivity contribution in [3.05, 3.63) is 44.3 Å². The minimum atomic E-state index is -0.266. The number of anilines is 1. The van der Waals surface area contributed by atoms with Crippen LogP contribution in [-0.2, 0) is 17.6 Å². The number of amides is 1. The first-order valence-corrected chi connectivity index (χ1v) is 11.0. The fourth-order valence-electron chi connectivity index (χ4n) is 3.83. The Morgan fingerprint density at radius 2 is 2.00 bits per heavy atom. The molecule has 0 saturated heterocycles. The normalized spacial score (nSPS) is 16.1. The zero-order valence-corrected chi connectivity index (χ0v) is 19.2. The molecular weight excluding hydrogens is 404 g/mol. The van der Waals surface area contributed by atoms with E-state index in [4.69, 9.17) is 16.3 Å². The van der Waals surface area contributed by atoms with Crippen LogP contribution < -0.4 is 10.1 Å². The highest BCUT2D eigenvalue weighted by atomic mass is 35.5. The maximum atomic E-state index is 12.5. The Bertz CT molecular complexity index is 959. The third-order valence-electron chi connectivity index (χ3n) is 5.63. The molecule has 0 unspecified atom stereocenters. The monoisotopic (exact) mass is 430 g/mol. The molecule has 1 amide bonds. The van der Waals surface area contributed by atoms with Crippen molar-refractivity contribution in [2.75, 3.05) is 11.9 Å². The third-order valence-corrected chi connectivity index (χ3v) is 7.40. The number of benzene rings is 1. The molecule has 1 aliphatic rings. The predicted octanol–water partition coefficient (Wildman–Crippen LogP) is 6.06. The topological polar surface area (TPSA) is 62.1 Å². The van der Waals surface area contributed by atoms with E-state index in [2.05, 4.69) is 32.2 Å². The minimum Gasteiger partial charge on any atom is -0.484 e. The standard InChI is InChI=1S/C23H27ClN2O2S/c1-13-8-16(9-14(2)21(13)24)28-12-20(27)26-22-18(11-25)17-7-6-15(23(3,4)5)10-19(17)29-22/h8-9,15H,6-7,10,12H2,1-5H3,(H,26,27)/t15-/m0/s1. The summed E-state index contributed by atoms with van der Waals surface area (Å²) >= 11 is 7.71. The minimum absolute atomic E-state index is 0.113. The Hall–Kier alpha value is -2.03. The molecule has 1 N–H and O–H groups in total. The van der Waals surface area contributed by atoms with Crippen LogP contribution in [0.2, 0.25) is 5.02 Å². The van der Waals surface area contributed by atoms with Crippen molar-refractivity contribution in [2.45, 2.75) is 53.9 Å². The summed E-state index contributed by atoms with van der Waals surface area (Å²) in [4.78, 5) is 13.7. The van der Waals surface area contributed by atoms with Gasteiger partial charge in [0.25, 0.3) is 5.91 Å². The largest absolute Gasteiger partial charge is 0.484 e. The van der Waals surface area contributed by atoms with Gasteiger partial charge >= 0.3 is 0 Å². The molecule has 29 heavy (non-hydrogen) atoms. The number of fused-ring (bicyclic) bond motifs is 1. The number of thiophene rings is 1. The summed E-state index contributed by atoms with van der Waals surface area (Å²) < 4.78 is 5.65. The number of nitriles is 1. The van der Waals surface area contributed by atoms with E-state index < -0.39 is 0 Å². The molecule has 1 atom stereocenters. The number of nitrogens with zero attached hydrogens (tertiary/aromatic N) is 1. The van der Waals surface area contributed by atoms with E-state index in [1.807, 2.05) is 26.0 Å². The molecule has 0 aliphatic heterocycles. The molecule has 0 bridgehead atoms. The van der Waals surface area contributed by atoms with Crippen LogP contribution in [0.25, 0.3) is 0 Å². The van der Waals surface area contributed by atoms with Crippen LogP contribution in [0.4, 0.5) is 5.00 Å². The van der Waals surface area contributed by atoms with Gasteiger partial charge in [0, 0.05) is 9.90 Å². The number of carbonyl (C=O) groups is 1. The Kier molecular flexibility index (Phi) is 6.26. The molecule has 1 heterocycles. The average Bonchev–Trinajstić information content (AvgIpc) is 2.99. The van der Waals surface area contributed by atoms with Crippen molar-refractivity contribution in [3.8, 4) is 11.8 Å². The molecule has 0 spiro atoms. The molecule has 1 aliphatic carbocycles. The lowest BCUT2D eigenvalue weighted by atomic mass is 9.72. The number of ether oxygens (including phenoxy) is 1. The SMILES string of the molecule is Cc1cc(OCC(=O)Nc2sc3c(c2C#N)CC[C@H](C(C)(C)C)C3)cc(C)c1Cl. The van der Waals surface area contributed by atoms with E-state index in [0.29, 0.717) is 27.3 Å². The number of hydrogen-bond donors (Lipinski definition) is 1. The maximum absolute atomic E-state index is 12.5. The molecule has 0 fully saturated rings. The summed E-state index contributed by atoms with van der Waals surface area (Å²) in [7, 11) is 0. The van der Waals surface area contributed by atoms with Gasteiger partial charge < -0.3 is 10.1 Å². The predicted molar refractivity (Wildman–Crippen MR) is 119 cm³/mol. The van der Waals surface area contributed by atoms with Gasteiger partial charge in [-0.3, -0.25) is 4.79 Å². The number of halogens is 1. The van der Waals surface area contributed by atoms with Gasteiger partial charge in [0.1, 0.15) is 16.8 Å². The molecule has 1 aromatic heterocycles. The van der Waals surface area contributed by atoms with E-state index in [1.54, 1.807) is 0 Å². The number of nitrogens with one attached hydrogen (secondary N) is 1. The molecule has 0 saturated carbocycles. The van der Waals surface area contributed by atoms with Gasteiger partial charge in [-0.15, -0.1) is 11.3 Å². The van der Waals surface area contributed by atoms with Gasteiger partial charge in [0.2, 0.25) is 0 Å². The van der Waals surface area contributed by atoms with Gasteiger partial charge in [0.15, 0.2) is 6.61 Å². The summed E-state index contributed by atoms with van der Waals surface area (Å²) in [5, 5.41) is 13.9. The fourth-order valence-corrected chi connectivity index (χ4v) is 5.24. The quantitative estimate of drug-likeness (QED) is 0.641. The van der Waals surface area contributed by atoms with Crippen LogP contribution >= 0.6 is 22.9 Å². The highest BCUT2D eigenvalue weighted by Gasteiger charge is 2.32. The van der Waals surface area contributed by atoms with Crippen molar-refractivity contribution in [1.82, 2.24) is 0 Å². The van der Waals surface area contributed by atoms with Crippen LogP contribution in [0.1, 0.15) is 54.3 Å². The van der Waals surface area contributed by atoms with Gasteiger partial charge in [0.05, 0.1) is 5.56 Å². The van der Waals surface area contributed by atoms with Crippen LogP contribution in [0.15, 0.2) is 12.1 Å². The molecule has 6 heteroatoms. The Balaban J connectivity index is 1.70. The fraction of sp³-hybridized carbons (Fsp3) is 0.478. The first-order valence-electron chi connectivity index (χ1n) is 9.84. The highest BCUT2D eigenvalue weighted by molar-refractivity contribution is 7.16. The molecule has 3 rings (SSSR count). The van der Waals surface area contributed by atoms with Gasteiger partial charge in [-0.2, -0.15) is 5.26 Å². The zero-order valence-electron chi connectivity index (χ0n) is 17.6. The van der Waals surface area contributed by atoms with Crippen molar-refractivity contribution >= 4 is 33.8 Å². The number of rotatable bonds is 4. The Labute approximate surface area is 181 Å².